The van der Waals surface area contributed by atoms with Gasteiger partial charge in [-0.25, -0.2) is 9.59 Å². The van der Waals surface area contributed by atoms with Gasteiger partial charge in [0, 0.05) is 4.47 Å². The second-order valence-corrected chi connectivity index (χ2v) is 7.33. The Balaban J connectivity index is 2.25. The predicted molar refractivity (Wildman–Crippen MR) is 105 cm³/mol. The van der Waals surface area contributed by atoms with E-state index in [1.165, 1.54) is 0 Å². The van der Waals surface area contributed by atoms with Gasteiger partial charge in [-0.3, -0.25) is 0 Å². The first kappa shape index (κ1) is 20.5. The van der Waals surface area contributed by atoms with Crippen molar-refractivity contribution >= 4 is 43.8 Å². The molecule has 0 amide bonds. The lowest BCUT2D eigenvalue weighted by atomic mass is 10.2. The lowest BCUT2D eigenvalue weighted by molar-refractivity contribution is 0.0520. The van der Waals surface area contributed by atoms with E-state index >= 15 is 0 Å². The molecule has 2 rings (SSSR count). The zero-order chi connectivity index (χ0) is 19.3. The number of rotatable bonds is 6. The molecular formula is C19H18Br2O5. The molecule has 0 N–H and O–H groups in total. The third-order valence-corrected chi connectivity index (χ3v) is 4.28. The number of benzene rings is 2. The highest BCUT2D eigenvalue weighted by molar-refractivity contribution is 9.10. The summed E-state index contributed by atoms with van der Waals surface area (Å²) < 4.78 is 17.4. The molecule has 0 spiro atoms. The van der Waals surface area contributed by atoms with E-state index in [9.17, 15) is 9.59 Å². The summed E-state index contributed by atoms with van der Waals surface area (Å²) in [4.78, 5) is 24.5. The van der Waals surface area contributed by atoms with E-state index in [1.807, 2.05) is 13.8 Å². The van der Waals surface area contributed by atoms with E-state index in [0.717, 1.165) is 0 Å². The Bertz CT molecular complexity index is 818. The van der Waals surface area contributed by atoms with Crippen LogP contribution in [-0.4, -0.2) is 24.6 Å². The maximum absolute atomic E-state index is 12.5. The highest BCUT2D eigenvalue weighted by Gasteiger charge is 2.19. The lowest BCUT2D eigenvalue weighted by Crippen LogP contribution is -2.13. The molecule has 0 unspecified atom stereocenters. The number of carbonyl (C=O) groups is 2. The van der Waals surface area contributed by atoms with Crippen LogP contribution < -0.4 is 9.47 Å². The number of halogens is 2. The minimum atomic E-state index is -0.588. The third-order valence-electron chi connectivity index (χ3n) is 3.17. The van der Waals surface area contributed by atoms with Crippen LogP contribution in [0.3, 0.4) is 0 Å². The second-order valence-electron chi connectivity index (χ2n) is 5.56. The molecule has 0 saturated carbocycles. The molecule has 0 aromatic heterocycles. The van der Waals surface area contributed by atoms with Crippen molar-refractivity contribution in [2.75, 3.05) is 6.61 Å². The summed E-state index contributed by atoms with van der Waals surface area (Å²) in [7, 11) is 0. The van der Waals surface area contributed by atoms with Gasteiger partial charge in [0.25, 0.3) is 0 Å². The molecule has 0 aliphatic rings. The fraction of sp³-hybridized carbons (Fsp3) is 0.263. The Morgan fingerprint density at radius 3 is 2.31 bits per heavy atom. The first-order chi connectivity index (χ1) is 12.3. The quantitative estimate of drug-likeness (QED) is 0.405. The lowest BCUT2D eigenvalue weighted by Gasteiger charge is -2.13. The van der Waals surface area contributed by atoms with Crippen molar-refractivity contribution in [1.82, 2.24) is 0 Å². The summed E-state index contributed by atoms with van der Waals surface area (Å²) >= 11 is 6.68. The Kier molecular flexibility index (Phi) is 7.23. The number of ether oxygens (including phenoxy) is 3. The van der Waals surface area contributed by atoms with Gasteiger partial charge >= 0.3 is 11.9 Å². The van der Waals surface area contributed by atoms with Crippen molar-refractivity contribution in [3.8, 4) is 11.5 Å². The van der Waals surface area contributed by atoms with Gasteiger partial charge in [-0.1, -0.05) is 15.9 Å². The van der Waals surface area contributed by atoms with Crippen LogP contribution >= 0.6 is 31.9 Å². The molecule has 0 radical (unpaired) electrons. The van der Waals surface area contributed by atoms with Crippen LogP contribution in [0.2, 0.25) is 0 Å². The molecule has 2 aromatic carbocycles. The van der Waals surface area contributed by atoms with Crippen LogP contribution in [0, 0.1) is 0 Å². The first-order valence-electron chi connectivity index (χ1n) is 7.96. The molecule has 138 valence electrons. The predicted octanol–water partition coefficient (Wildman–Crippen LogP) is 5.39. The van der Waals surface area contributed by atoms with Gasteiger partial charge in [0.15, 0.2) is 0 Å². The highest BCUT2D eigenvalue weighted by atomic mass is 79.9. The SMILES string of the molecule is CCOC(=O)c1cc(Br)ccc1OC(=O)c1ccc(OC(C)C)c(Br)c1. The van der Waals surface area contributed by atoms with E-state index in [0.29, 0.717) is 20.3 Å². The largest absolute Gasteiger partial charge is 0.490 e. The fourth-order valence-corrected chi connectivity index (χ4v) is 2.93. The average Bonchev–Trinajstić information content (AvgIpc) is 2.58. The molecule has 0 saturated heterocycles. The Hall–Kier alpha value is -1.86. The summed E-state index contributed by atoms with van der Waals surface area (Å²) in [6, 6.07) is 9.68. The molecule has 0 bridgehead atoms. The van der Waals surface area contributed by atoms with E-state index < -0.39 is 11.9 Å². The fourth-order valence-electron chi connectivity index (χ4n) is 2.10. The van der Waals surface area contributed by atoms with Gasteiger partial charge in [-0.2, -0.15) is 0 Å². The number of hydrogen-bond acceptors (Lipinski definition) is 5. The Morgan fingerprint density at radius 1 is 1.00 bits per heavy atom. The van der Waals surface area contributed by atoms with Crippen LogP contribution in [0.4, 0.5) is 0 Å². The average molecular weight is 486 g/mol. The normalized spacial score (nSPS) is 10.5. The Morgan fingerprint density at radius 2 is 1.69 bits per heavy atom. The molecule has 0 fully saturated rings. The van der Waals surface area contributed by atoms with Crippen molar-refractivity contribution in [2.45, 2.75) is 26.9 Å². The van der Waals surface area contributed by atoms with Crippen LogP contribution in [0.15, 0.2) is 45.3 Å². The Labute approximate surface area is 168 Å². The molecule has 0 aliphatic heterocycles. The summed E-state index contributed by atoms with van der Waals surface area (Å²) in [5.41, 5.74) is 0.499. The number of hydrogen-bond donors (Lipinski definition) is 0. The zero-order valence-electron chi connectivity index (χ0n) is 14.5. The van der Waals surface area contributed by atoms with E-state index in [2.05, 4.69) is 31.9 Å². The van der Waals surface area contributed by atoms with Crippen molar-refractivity contribution in [2.24, 2.45) is 0 Å². The molecule has 0 atom stereocenters. The van der Waals surface area contributed by atoms with Gasteiger partial charge in [0.1, 0.15) is 17.1 Å². The van der Waals surface area contributed by atoms with Crippen LogP contribution in [0.1, 0.15) is 41.5 Å². The summed E-state index contributed by atoms with van der Waals surface area (Å²) in [5, 5.41) is 0. The smallest absolute Gasteiger partial charge is 0.343 e. The molecule has 2 aromatic rings. The zero-order valence-corrected chi connectivity index (χ0v) is 17.7. The van der Waals surface area contributed by atoms with Gasteiger partial charge in [-0.05, 0) is 73.1 Å². The highest BCUT2D eigenvalue weighted by Crippen LogP contribution is 2.29. The molecule has 0 aliphatic carbocycles. The number of carbonyl (C=O) groups excluding carboxylic acids is 2. The maximum atomic E-state index is 12.5. The third kappa shape index (κ3) is 5.32. The molecule has 5 nitrogen and oxygen atoms in total. The summed E-state index contributed by atoms with van der Waals surface area (Å²) in [6.07, 6.45) is 0.0130. The standard InChI is InChI=1S/C19H18Br2O5/c1-4-24-19(23)14-10-13(20)6-8-16(14)26-18(22)12-5-7-17(15(21)9-12)25-11(2)3/h5-11H,4H2,1-3H3. The van der Waals surface area contributed by atoms with Crippen molar-refractivity contribution in [3.05, 3.63) is 56.5 Å². The van der Waals surface area contributed by atoms with Crippen LogP contribution in [0.5, 0.6) is 11.5 Å². The topological polar surface area (TPSA) is 61.8 Å². The number of esters is 2. The minimum absolute atomic E-state index is 0.0130. The summed E-state index contributed by atoms with van der Waals surface area (Å²) in [5.74, 6) is -0.379. The van der Waals surface area contributed by atoms with Crippen LogP contribution in [-0.2, 0) is 4.74 Å². The van der Waals surface area contributed by atoms with Gasteiger partial charge in [0.05, 0.1) is 22.7 Å². The molecule has 7 heteroatoms. The monoisotopic (exact) mass is 484 g/mol. The molecule has 26 heavy (non-hydrogen) atoms. The van der Waals surface area contributed by atoms with E-state index in [1.54, 1.807) is 43.3 Å². The van der Waals surface area contributed by atoms with Crippen molar-refractivity contribution < 1.29 is 23.8 Å². The molecule has 0 heterocycles. The van der Waals surface area contributed by atoms with Crippen LogP contribution in [0.25, 0.3) is 0 Å². The van der Waals surface area contributed by atoms with Crippen molar-refractivity contribution in [3.63, 3.8) is 0 Å². The first-order valence-corrected chi connectivity index (χ1v) is 9.55. The van der Waals surface area contributed by atoms with E-state index in [4.69, 9.17) is 14.2 Å². The maximum Gasteiger partial charge on any atom is 0.343 e. The minimum Gasteiger partial charge on any atom is -0.490 e. The molecular weight excluding hydrogens is 468 g/mol. The van der Waals surface area contributed by atoms with E-state index in [-0.39, 0.29) is 24.0 Å². The van der Waals surface area contributed by atoms with Gasteiger partial charge < -0.3 is 14.2 Å². The van der Waals surface area contributed by atoms with Gasteiger partial charge in [-0.15, -0.1) is 0 Å². The van der Waals surface area contributed by atoms with Gasteiger partial charge in [0.2, 0.25) is 0 Å². The second kappa shape index (κ2) is 9.19. The van der Waals surface area contributed by atoms with Crippen molar-refractivity contribution in [1.29, 1.82) is 0 Å². The summed E-state index contributed by atoms with van der Waals surface area (Å²) in [6.45, 7) is 5.76.